The van der Waals surface area contributed by atoms with E-state index in [2.05, 4.69) is 0 Å². The van der Waals surface area contributed by atoms with E-state index < -0.39 is 17.7 Å². The third-order valence-electron chi connectivity index (χ3n) is 6.07. The van der Waals surface area contributed by atoms with Gasteiger partial charge in [-0.15, -0.1) is 0 Å². The molecule has 0 bridgehead atoms. The van der Waals surface area contributed by atoms with Gasteiger partial charge in [-0.3, -0.25) is 9.59 Å². The molecule has 3 aromatic rings. The van der Waals surface area contributed by atoms with Gasteiger partial charge in [0, 0.05) is 19.2 Å². The molecule has 3 aromatic carbocycles. The van der Waals surface area contributed by atoms with Crippen LogP contribution < -0.4 is 9.47 Å². The van der Waals surface area contributed by atoms with E-state index in [0.717, 1.165) is 5.56 Å². The number of amides is 1. The Bertz CT molecular complexity index is 1320. The first-order chi connectivity index (χ1) is 18.3. The summed E-state index contributed by atoms with van der Waals surface area (Å²) in [4.78, 5) is 27.6. The normalized spacial score (nSPS) is 16.8. The Morgan fingerprint density at radius 3 is 2.37 bits per heavy atom. The number of Topliss-reactive ketones (excluding diaryl/α,β-unsaturated/α-hetero) is 1. The molecular weight excluding hydrogens is 489 g/mol. The van der Waals surface area contributed by atoms with Gasteiger partial charge in [0.15, 0.2) is 0 Å². The molecule has 1 saturated heterocycles. The molecule has 8 heteroatoms. The first-order valence-electron chi connectivity index (χ1n) is 12.3. The van der Waals surface area contributed by atoms with Crippen LogP contribution in [-0.2, 0) is 20.9 Å². The van der Waals surface area contributed by atoms with Gasteiger partial charge in [-0.2, -0.15) is 0 Å². The fraction of sp³-hybridized carbons (Fsp3) is 0.267. The number of ketones is 1. The number of aliphatic hydroxyl groups is 1. The van der Waals surface area contributed by atoms with Crippen molar-refractivity contribution in [2.24, 2.45) is 0 Å². The van der Waals surface area contributed by atoms with E-state index in [4.69, 9.17) is 14.2 Å². The molecule has 1 fully saturated rings. The predicted molar refractivity (Wildman–Crippen MR) is 140 cm³/mol. The lowest BCUT2D eigenvalue weighted by Crippen LogP contribution is -2.32. The van der Waals surface area contributed by atoms with Crippen LogP contribution in [-0.4, -0.2) is 48.1 Å². The van der Waals surface area contributed by atoms with Gasteiger partial charge >= 0.3 is 0 Å². The minimum absolute atomic E-state index is 0.0145. The molecule has 0 radical (unpaired) electrons. The smallest absolute Gasteiger partial charge is 0.295 e. The van der Waals surface area contributed by atoms with Gasteiger partial charge in [0.25, 0.3) is 11.7 Å². The summed E-state index contributed by atoms with van der Waals surface area (Å²) in [6.45, 7) is 4.40. The Labute approximate surface area is 221 Å². The predicted octanol–water partition coefficient (Wildman–Crippen LogP) is 5.26. The van der Waals surface area contributed by atoms with Gasteiger partial charge in [-0.05, 0) is 73.5 Å². The number of likely N-dealkylation sites (tertiary alicyclic amines) is 1. The van der Waals surface area contributed by atoms with Crippen molar-refractivity contribution in [3.05, 3.63) is 101 Å². The Morgan fingerprint density at radius 1 is 1.00 bits per heavy atom. The molecule has 0 aromatic heterocycles. The number of ether oxygens (including phenoxy) is 3. The number of carbonyl (C=O) groups is 2. The second kappa shape index (κ2) is 11.9. The lowest BCUT2D eigenvalue weighted by atomic mass is 9.95. The number of aliphatic hydroxyl groups excluding tert-OH is 1. The monoisotopic (exact) mass is 519 g/mol. The molecule has 1 amide bonds. The Kier molecular flexibility index (Phi) is 8.43. The minimum Gasteiger partial charge on any atom is -0.507 e. The van der Waals surface area contributed by atoms with Crippen LogP contribution in [0.3, 0.4) is 0 Å². The highest BCUT2D eigenvalue weighted by atomic mass is 19.1. The highest BCUT2D eigenvalue weighted by molar-refractivity contribution is 6.46. The van der Waals surface area contributed by atoms with E-state index >= 15 is 0 Å². The van der Waals surface area contributed by atoms with Crippen LogP contribution >= 0.6 is 0 Å². The molecule has 1 N–H and O–H groups in total. The maximum Gasteiger partial charge on any atom is 0.295 e. The van der Waals surface area contributed by atoms with Crippen LogP contribution in [0.25, 0.3) is 5.76 Å². The molecule has 198 valence electrons. The fourth-order valence-electron chi connectivity index (χ4n) is 4.29. The van der Waals surface area contributed by atoms with Crippen molar-refractivity contribution in [3.8, 4) is 11.5 Å². The van der Waals surface area contributed by atoms with Crippen LogP contribution in [0.5, 0.6) is 11.5 Å². The van der Waals surface area contributed by atoms with Gasteiger partial charge in [0.2, 0.25) is 0 Å². The van der Waals surface area contributed by atoms with E-state index in [1.165, 1.54) is 24.1 Å². The summed E-state index contributed by atoms with van der Waals surface area (Å²) in [6, 6.07) is 18.9. The molecule has 38 heavy (non-hydrogen) atoms. The number of rotatable bonds is 10. The quantitative estimate of drug-likeness (QED) is 0.223. The van der Waals surface area contributed by atoms with E-state index in [9.17, 15) is 19.1 Å². The molecule has 1 aliphatic heterocycles. The van der Waals surface area contributed by atoms with Gasteiger partial charge in [-0.25, -0.2) is 4.39 Å². The zero-order chi connectivity index (χ0) is 27.2. The van der Waals surface area contributed by atoms with E-state index in [-0.39, 0.29) is 43.0 Å². The molecule has 4 rings (SSSR count). The number of nitrogens with zero attached hydrogens (tertiary/aromatic N) is 1. The van der Waals surface area contributed by atoms with E-state index in [0.29, 0.717) is 22.6 Å². The van der Waals surface area contributed by atoms with Crippen molar-refractivity contribution in [1.29, 1.82) is 0 Å². The molecule has 0 saturated carbocycles. The second-order valence-corrected chi connectivity index (χ2v) is 9.16. The van der Waals surface area contributed by atoms with Gasteiger partial charge < -0.3 is 24.2 Å². The number of halogens is 1. The van der Waals surface area contributed by atoms with E-state index in [1.807, 2.05) is 13.8 Å². The minimum atomic E-state index is -0.842. The SMILES string of the molecule is COCCN1C(=O)C(=O)/C(=C(\O)c2ccc(OC(C)C)cc2)C1c1cccc(OCc2ccc(F)cc2)c1. The third kappa shape index (κ3) is 6.03. The molecule has 1 unspecified atom stereocenters. The number of hydrogen-bond donors (Lipinski definition) is 1. The van der Waals surface area contributed by atoms with Gasteiger partial charge in [-0.1, -0.05) is 24.3 Å². The first-order valence-corrected chi connectivity index (χ1v) is 12.3. The maximum atomic E-state index is 13.2. The summed E-state index contributed by atoms with van der Waals surface area (Å²) < 4.78 is 29.9. The first kappa shape index (κ1) is 26.9. The summed E-state index contributed by atoms with van der Waals surface area (Å²) in [6.07, 6.45) is -0.0156. The number of methoxy groups -OCH3 is 1. The topological polar surface area (TPSA) is 85.3 Å². The van der Waals surface area contributed by atoms with Crippen molar-refractivity contribution in [1.82, 2.24) is 4.90 Å². The lowest BCUT2D eigenvalue weighted by molar-refractivity contribution is -0.140. The Balaban J connectivity index is 1.69. The number of hydrogen-bond acceptors (Lipinski definition) is 6. The largest absolute Gasteiger partial charge is 0.507 e. The molecule has 1 aliphatic rings. The average Bonchev–Trinajstić information content (AvgIpc) is 3.16. The summed E-state index contributed by atoms with van der Waals surface area (Å²) in [5.74, 6) is -0.973. The highest BCUT2D eigenvalue weighted by Gasteiger charge is 2.46. The molecule has 1 heterocycles. The molecule has 1 atom stereocenters. The lowest BCUT2D eigenvalue weighted by Gasteiger charge is -2.25. The van der Waals surface area contributed by atoms with Crippen molar-refractivity contribution >= 4 is 17.4 Å². The molecule has 0 spiro atoms. The van der Waals surface area contributed by atoms with Gasteiger partial charge in [0.1, 0.15) is 29.7 Å². The number of benzene rings is 3. The average molecular weight is 520 g/mol. The molecule has 7 nitrogen and oxygen atoms in total. The van der Waals surface area contributed by atoms with Crippen molar-refractivity contribution in [3.63, 3.8) is 0 Å². The zero-order valence-electron chi connectivity index (χ0n) is 21.5. The van der Waals surface area contributed by atoms with Crippen LogP contribution in [0.15, 0.2) is 78.4 Å². The van der Waals surface area contributed by atoms with Crippen LogP contribution in [0.2, 0.25) is 0 Å². The van der Waals surface area contributed by atoms with Crippen molar-refractivity contribution < 1.29 is 33.3 Å². The maximum absolute atomic E-state index is 13.2. The summed E-state index contributed by atoms with van der Waals surface area (Å²) >= 11 is 0. The number of carbonyl (C=O) groups excluding carboxylic acids is 2. The van der Waals surface area contributed by atoms with Crippen molar-refractivity contribution in [2.75, 3.05) is 20.3 Å². The third-order valence-corrected chi connectivity index (χ3v) is 6.07. The standard InChI is InChI=1S/C30H30FNO6/c1-19(2)38-24-13-9-21(10-14-24)28(33)26-27(32(15-16-36-3)30(35)29(26)34)22-5-4-6-25(17-22)37-18-20-7-11-23(31)12-8-20/h4-14,17,19,27,33H,15-16,18H2,1-3H3/b28-26-. The zero-order valence-corrected chi connectivity index (χ0v) is 21.5. The summed E-state index contributed by atoms with van der Waals surface area (Å²) in [5, 5.41) is 11.2. The summed E-state index contributed by atoms with van der Waals surface area (Å²) in [5.41, 5.74) is 1.75. The van der Waals surface area contributed by atoms with E-state index in [1.54, 1.807) is 60.7 Å². The van der Waals surface area contributed by atoms with Crippen LogP contribution in [0.4, 0.5) is 4.39 Å². The van der Waals surface area contributed by atoms with Crippen LogP contribution in [0.1, 0.15) is 36.6 Å². The Hall–Kier alpha value is -4.17. The highest BCUT2D eigenvalue weighted by Crippen LogP contribution is 2.40. The van der Waals surface area contributed by atoms with Gasteiger partial charge in [0.05, 0.1) is 24.3 Å². The van der Waals surface area contributed by atoms with Crippen LogP contribution in [0, 0.1) is 5.82 Å². The van der Waals surface area contributed by atoms with Crippen molar-refractivity contribution in [2.45, 2.75) is 32.6 Å². The molecule has 0 aliphatic carbocycles. The molecular formula is C30H30FNO6. The fourth-order valence-corrected chi connectivity index (χ4v) is 4.29. The Morgan fingerprint density at radius 2 is 1.71 bits per heavy atom. The summed E-state index contributed by atoms with van der Waals surface area (Å²) in [7, 11) is 1.51. The second-order valence-electron chi connectivity index (χ2n) is 9.16.